The number of nitrogens with one attached hydrogen (secondary N) is 2. The van der Waals surface area contributed by atoms with E-state index in [-0.39, 0.29) is 0 Å². The lowest BCUT2D eigenvalue weighted by Gasteiger charge is -2.35. The van der Waals surface area contributed by atoms with E-state index in [1.54, 1.807) is 7.11 Å². The summed E-state index contributed by atoms with van der Waals surface area (Å²) in [4.78, 5) is 14.3. The molecule has 2 fully saturated rings. The molecule has 2 aliphatic rings. The van der Waals surface area contributed by atoms with Crippen LogP contribution in [0.3, 0.4) is 0 Å². The number of piperidine rings is 1. The summed E-state index contributed by atoms with van der Waals surface area (Å²) < 4.78 is 5.07. The second kappa shape index (κ2) is 10.0. The summed E-state index contributed by atoms with van der Waals surface area (Å²) in [6, 6.07) is 2.65. The molecule has 3 heterocycles. The van der Waals surface area contributed by atoms with Crippen molar-refractivity contribution in [2.45, 2.75) is 51.5 Å². The van der Waals surface area contributed by atoms with Crippen LogP contribution in [-0.2, 0) is 4.74 Å². The minimum Gasteiger partial charge on any atom is -0.385 e. The fourth-order valence-electron chi connectivity index (χ4n) is 3.74. The Bertz CT molecular complexity index is 622. The van der Waals surface area contributed by atoms with Gasteiger partial charge in [0.2, 0.25) is 5.95 Å². The van der Waals surface area contributed by atoms with Crippen LogP contribution in [0.25, 0.3) is 0 Å². The van der Waals surface area contributed by atoms with E-state index < -0.39 is 0 Å². The fraction of sp³-hybridized carbons (Fsp3) is 0.737. The summed E-state index contributed by atoms with van der Waals surface area (Å²) in [6.07, 6.45) is 7.08. The molecule has 0 unspecified atom stereocenters. The average molecular weight is 393 g/mol. The summed E-state index contributed by atoms with van der Waals surface area (Å²) in [5.74, 6) is 2.58. The Morgan fingerprint density at radius 1 is 1.19 bits per heavy atom. The first kappa shape index (κ1) is 20.1. The van der Waals surface area contributed by atoms with Crippen LogP contribution in [0.5, 0.6) is 0 Å². The molecule has 27 heavy (non-hydrogen) atoms. The highest BCUT2D eigenvalue weighted by molar-refractivity contribution is 7.80. The molecule has 0 radical (unpaired) electrons. The molecular weight excluding hydrogens is 360 g/mol. The minimum absolute atomic E-state index is 0.507. The van der Waals surface area contributed by atoms with Gasteiger partial charge in [-0.2, -0.15) is 9.97 Å². The van der Waals surface area contributed by atoms with Crippen molar-refractivity contribution in [3.05, 3.63) is 6.07 Å². The molecule has 0 bridgehead atoms. The molecule has 2 N–H and O–H groups in total. The molecule has 1 aromatic heterocycles. The van der Waals surface area contributed by atoms with Crippen molar-refractivity contribution in [1.29, 1.82) is 0 Å². The van der Waals surface area contributed by atoms with E-state index in [1.807, 2.05) is 0 Å². The quantitative estimate of drug-likeness (QED) is 0.542. The number of hydrogen-bond donors (Lipinski definition) is 2. The van der Waals surface area contributed by atoms with Gasteiger partial charge in [-0.1, -0.05) is 0 Å². The van der Waals surface area contributed by atoms with Gasteiger partial charge in [-0.15, -0.1) is 0 Å². The maximum Gasteiger partial charge on any atom is 0.232 e. The second-order valence-corrected chi connectivity index (χ2v) is 7.78. The number of anilines is 3. The number of thiocarbonyl (C=S) groups is 1. The van der Waals surface area contributed by atoms with Crippen molar-refractivity contribution in [2.75, 3.05) is 55.0 Å². The number of aromatic nitrogens is 2. The lowest BCUT2D eigenvalue weighted by molar-refractivity contribution is 0.196. The topological polar surface area (TPSA) is 65.6 Å². The van der Waals surface area contributed by atoms with Crippen molar-refractivity contribution < 1.29 is 4.74 Å². The molecule has 7 nitrogen and oxygen atoms in total. The third-order valence-corrected chi connectivity index (χ3v) is 5.51. The van der Waals surface area contributed by atoms with Crippen molar-refractivity contribution >= 4 is 34.9 Å². The van der Waals surface area contributed by atoms with Gasteiger partial charge in [0.1, 0.15) is 11.6 Å². The summed E-state index contributed by atoms with van der Waals surface area (Å²) in [5.41, 5.74) is 0. The molecule has 1 atom stereocenters. The largest absolute Gasteiger partial charge is 0.385 e. The van der Waals surface area contributed by atoms with E-state index >= 15 is 0 Å². The highest BCUT2D eigenvalue weighted by atomic mass is 32.1. The standard InChI is InChI=1S/C19H32N6OS/c1-15-8-3-4-12-25(15)17-14-16(24-10-5-6-11-24)21-18(22-17)23-19(27)20-9-7-13-26-2/h14-15H,3-13H2,1-2H3,(H2,20,21,22,23,27)/t15-/m1/s1. The zero-order chi connectivity index (χ0) is 19.1. The highest BCUT2D eigenvalue weighted by Crippen LogP contribution is 2.28. The van der Waals surface area contributed by atoms with E-state index in [2.05, 4.69) is 33.4 Å². The smallest absolute Gasteiger partial charge is 0.232 e. The van der Waals surface area contributed by atoms with Crippen LogP contribution in [0.2, 0.25) is 0 Å². The van der Waals surface area contributed by atoms with E-state index in [1.165, 1.54) is 32.1 Å². The first-order valence-corrected chi connectivity index (χ1v) is 10.5. The number of ether oxygens (including phenoxy) is 1. The lowest BCUT2D eigenvalue weighted by atomic mass is 10.0. The molecule has 150 valence electrons. The number of hydrogen-bond acceptors (Lipinski definition) is 6. The Morgan fingerprint density at radius 2 is 1.93 bits per heavy atom. The molecule has 0 spiro atoms. The third-order valence-electron chi connectivity index (χ3n) is 5.26. The number of methoxy groups -OCH3 is 1. The predicted molar refractivity (Wildman–Crippen MR) is 115 cm³/mol. The van der Waals surface area contributed by atoms with E-state index in [0.717, 1.165) is 44.2 Å². The van der Waals surface area contributed by atoms with Crippen molar-refractivity contribution in [1.82, 2.24) is 15.3 Å². The normalized spacial score (nSPS) is 20.0. The first-order chi connectivity index (χ1) is 13.2. The summed E-state index contributed by atoms with van der Waals surface area (Å²) >= 11 is 5.42. The molecule has 1 aromatic rings. The maximum atomic E-state index is 5.42. The molecule has 0 aliphatic carbocycles. The SMILES string of the molecule is COCCCNC(=S)Nc1nc(N2CCCC2)cc(N2CCCC[C@H]2C)n1. The Hall–Kier alpha value is -1.67. The molecular formula is C19H32N6OS. The molecule has 0 saturated carbocycles. The maximum absolute atomic E-state index is 5.42. The van der Waals surface area contributed by atoms with Crippen LogP contribution >= 0.6 is 12.2 Å². The highest BCUT2D eigenvalue weighted by Gasteiger charge is 2.23. The Morgan fingerprint density at radius 3 is 2.67 bits per heavy atom. The third kappa shape index (κ3) is 5.65. The molecule has 0 aromatic carbocycles. The van der Waals surface area contributed by atoms with E-state index in [0.29, 0.717) is 23.7 Å². The fourth-order valence-corrected chi connectivity index (χ4v) is 3.93. The van der Waals surface area contributed by atoms with Gasteiger partial charge in [0, 0.05) is 52.0 Å². The van der Waals surface area contributed by atoms with Crippen molar-refractivity contribution in [3.8, 4) is 0 Å². The van der Waals surface area contributed by atoms with Crippen LogP contribution in [0.1, 0.15) is 45.4 Å². The lowest BCUT2D eigenvalue weighted by Crippen LogP contribution is -2.38. The zero-order valence-electron chi connectivity index (χ0n) is 16.5. The van der Waals surface area contributed by atoms with Crippen LogP contribution in [0, 0.1) is 0 Å². The van der Waals surface area contributed by atoms with Gasteiger partial charge in [0.15, 0.2) is 5.11 Å². The van der Waals surface area contributed by atoms with E-state index in [4.69, 9.17) is 26.9 Å². The summed E-state index contributed by atoms with van der Waals surface area (Å²) in [7, 11) is 1.71. The van der Waals surface area contributed by atoms with Gasteiger partial charge in [-0.3, -0.25) is 0 Å². The Labute approximate surface area is 167 Å². The second-order valence-electron chi connectivity index (χ2n) is 7.37. The van der Waals surface area contributed by atoms with Gasteiger partial charge in [0.05, 0.1) is 0 Å². The van der Waals surface area contributed by atoms with Gasteiger partial charge < -0.3 is 25.2 Å². The molecule has 2 aliphatic heterocycles. The minimum atomic E-state index is 0.507. The summed E-state index contributed by atoms with van der Waals surface area (Å²) in [5, 5.41) is 6.93. The predicted octanol–water partition coefficient (Wildman–Crippen LogP) is 2.78. The molecule has 3 rings (SSSR count). The van der Waals surface area contributed by atoms with Crippen molar-refractivity contribution in [2.24, 2.45) is 0 Å². The Kier molecular flexibility index (Phi) is 7.46. The first-order valence-electron chi connectivity index (χ1n) is 10.1. The number of rotatable bonds is 7. The van der Waals surface area contributed by atoms with Gasteiger partial charge >= 0.3 is 0 Å². The molecule has 0 amide bonds. The summed E-state index contributed by atoms with van der Waals surface area (Å²) in [6.45, 7) is 6.94. The van der Waals surface area contributed by atoms with Gasteiger partial charge in [0.25, 0.3) is 0 Å². The van der Waals surface area contributed by atoms with Crippen LogP contribution in [-0.4, -0.2) is 61.0 Å². The zero-order valence-corrected chi connectivity index (χ0v) is 17.4. The average Bonchev–Trinajstić information content (AvgIpc) is 3.20. The molecule has 2 saturated heterocycles. The number of nitrogens with zero attached hydrogens (tertiary/aromatic N) is 4. The van der Waals surface area contributed by atoms with Gasteiger partial charge in [-0.25, -0.2) is 0 Å². The van der Waals surface area contributed by atoms with Crippen LogP contribution in [0.15, 0.2) is 6.07 Å². The van der Waals surface area contributed by atoms with E-state index in [9.17, 15) is 0 Å². The van der Waals surface area contributed by atoms with Crippen LogP contribution < -0.4 is 20.4 Å². The van der Waals surface area contributed by atoms with Crippen molar-refractivity contribution in [3.63, 3.8) is 0 Å². The van der Waals surface area contributed by atoms with Gasteiger partial charge in [-0.05, 0) is 57.7 Å². The molecule has 8 heteroatoms. The van der Waals surface area contributed by atoms with Crippen LogP contribution in [0.4, 0.5) is 17.6 Å². The monoisotopic (exact) mass is 392 g/mol. The Balaban J connectivity index is 1.74.